The molecule has 1 heterocycles. The molecule has 0 unspecified atom stereocenters. The van der Waals surface area contributed by atoms with Crippen LogP contribution in [0.1, 0.15) is 0 Å². The van der Waals surface area contributed by atoms with Gasteiger partial charge in [0.05, 0.1) is 29.9 Å². The molecule has 0 aromatic heterocycles. The SMILES string of the molecule is COc1ccc2[nH]c3cc(=[N+]([O-])[O-])ccc-3c(NNc3ccc(N([O-])O)cc3)c2c1. The first-order chi connectivity index (χ1) is 14.5. The summed E-state index contributed by atoms with van der Waals surface area (Å²) in [4.78, 5) is 2.77. The van der Waals surface area contributed by atoms with Crippen molar-refractivity contribution in [1.82, 2.24) is 9.89 Å². The van der Waals surface area contributed by atoms with E-state index < -0.39 is 4.90 Å². The van der Waals surface area contributed by atoms with Crippen LogP contribution in [-0.4, -0.2) is 17.3 Å². The van der Waals surface area contributed by atoms with Gasteiger partial charge in [-0.15, -0.1) is 0 Å². The van der Waals surface area contributed by atoms with Gasteiger partial charge in [0.1, 0.15) is 5.75 Å². The Bertz CT molecular complexity index is 1230. The molecule has 0 spiro atoms. The van der Waals surface area contributed by atoms with Crippen LogP contribution in [0.15, 0.2) is 60.7 Å². The number of pyridine rings is 1. The van der Waals surface area contributed by atoms with Crippen LogP contribution < -0.4 is 31.1 Å². The van der Waals surface area contributed by atoms with Crippen molar-refractivity contribution in [2.24, 2.45) is 0 Å². The van der Waals surface area contributed by atoms with Gasteiger partial charge >= 0.3 is 0 Å². The topological polar surface area (TPSA) is 145 Å². The summed E-state index contributed by atoms with van der Waals surface area (Å²) >= 11 is 0. The highest BCUT2D eigenvalue weighted by Crippen LogP contribution is 2.36. The zero-order valence-electron chi connectivity index (χ0n) is 15.7. The van der Waals surface area contributed by atoms with Crippen molar-refractivity contribution in [1.29, 1.82) is 0 Å². The van der Waals surface area contributed by atoms with Crippen molar-refractivity contribution in [2.75, 3.05) is 23.2 Å². The van der Waals surface area contributed by atoms with Gasteiger partial charge in [-0.1, -0.05) is 0 Å². The molecule has 1 aliphatic carbocycles. The molecule has 0 fully saturated rings. The number of anilines is 3. The van der Waals surface area contributed by atoms with Gasteiger partial charge in [-0.3, -0.25) is 10.6 Å². The van der Waals surface area contributed by atoms with Crippen LogP contribution >= 0.6 is 0 Å². The van der Waals surface area contributed by atoms with E-state index in [2.05, 4.69) is 15.8 Å². The predicted molar refractivity (Wildman–Crippen MR) is 115 cm³/mol. The number of ether oxygens (including phenoxy) is 1. The Morgan fingerprint density at radius 1 is 1.00 bits per heavy atom. The van der Waals surface area contributed by atoms with Gasteiger partial charge in [-0.05, 0) is 48.5 Å². The smallest absolute Gasteiger partial charge is 0.224 e. The van der Waals surface area contributed by atoms with E-state index in [-0.39, 0.29) is 16.3 Å². The summed E-state index contributed by atoms with van der Waals surface area (Å²) in [5.74, 6) is 0.656. The fourth-order valence-electron chi connectivity index (χ4n) is 3.17. The molecule has 1 aliphatic heterocycles. The zero-order chi connectivity index (χ0) is 21.3. The largest absolute Gasteiger partial charge is 0.733 e. The summed E-state index contributed by atoms with van der Waals surface area (Å²) in [5.41, 5.74) is 9.68. The molecule has 2 aromatic rings. The van der Waals surface area contributed by atoms with Gasteiger partial charge in [0.25, 0.3) is 0 Å². The minimum absolute atomic E-state index is 0.0210. The standard InChI is InChI=1S/C20H17N5O5/c1-30-15-7-9-18-17(11-15)20(16-8-6-14(25(28)29)10-19(16)21-18)23-22-12-2-4-13(5-3-12)24(26)27/h2-11,21-23,26H,1H3/q-2. The molecule has 0 saturated heterocycles. The van der Waals surface area contributed by atoms with Crippen LogP contribution in [0.25, 0.3) is 22.2 Å². The van der Waals surface area contributed by atoms with Crippen LogP contribution in [-0.2, 0) is 0 Å². The number of rotatable bonds is 5. The maximum absolute atomic E-state index is 11.2. The van der Waals surface area contributed by atoms with E-state index in [1.54, 1.807) is 31.4 Å². The quantitative estimate of drug-likeness (QED) is 0.292. The minimum Gasteiger partial charge on any atom is -0.733 e. The number of fused-ring (bicyclic) bond motifs is 2. The molecule has 0 atom stereocenters. The lowest BCUT2D eigenvalue weighted by atomic mass is 10.0. The lowest BCUT2D eigenvalue weighted by Crippen LogP contribution is -2.19. The van der Waals surface area contributed by atoms with Gasteiger partial charge in [-0.2, -0.15) is 4.90 Å². The summed E-state index contributed by atoms with van der Waals surface area (Å²) in [7, 11) is 1.57. The van der Waals surface area contributed by atoms with Crippen molar-refractivity contribution < 1.29 is 9.94 Å². The Kier molecular flexibility index (Phi) is 4.92. The van der Waals surface area contributed by atoms with Crippen LogP contribution in [0.4, 0.5) is 17.1 Å². The second-order valence-electron chi connectivity index (χ2n) is 6.47. The molecule has 4 rings (SSSR count). The fourth-order valence-corrected chi connectivity index (χ4v) is 3.17. The molecule has 0 radical (unpaired) electrons. The molecule has 2 aliphatic rings. The molecule has 10 heteroatoms. The molecule has 0 saturated carbocycles. The second-order valence-corrected chi connectivity index (χ2v) is 6.47. The van der Waals surface area contributed by atoms with Crippen LogP contribution in [0.5, 0.6) is 5.75 Å². The minimum atomic E-state index is -0.446. The third-order valence-corrected chi connectivity index (χ3v) is 4.67. The average molecular weight is 407 g/mol. The maximum Gasteiger partial charge on any atom is 0.224 e. The molecule has 10 nitrogen and oxygen atoms in total. The normalized spacial score (nSPS) is 10.8. The fraction of sp³-hybridized carbons (Fsp3) is 0.0500. The van der Waals surface area contributed by atoms with Crippen molar-refractivity contribution in [3.8, 4) is 17.0 Å². The van der Waals surface area contributed by atoms with Crippen LogP contribution in [0.3, 0.4) is 0 Å². The Hall–Kier alpha value is -4.15. The number of nitrogens with one attached hydrogen (secondary N) is 3. The number of hydrazine groups is 1. The van der Waals surface area contributed by atoms with E-state index in [1.807, 2.05) is 12.1 Å². The van der Waals surface area contributed by atoms with E-state index in [0.717, 1.165) is 16.5 Å². The molecular formula is C20H17N5O5-2. The molecule has 2 aromatic carbocycles. The summed E-state index contributed by atoms with van der Waals surface area (Å²) in [5, 5.41) is 42.8. The van der Waals surface area contributed by atoms with Gasteiger partial charge in [0, 0.05) is 28.6 Å². The number of hydrogen-bond donors (Lipinski definition) is 4. The number of benzene rings is 3. The predicted octanol–water partition coefficient (Wildman–Crippen LogP) is 3.18. The maximum atomic E-state index is 11.2. The van der Waals surface area contributed by atoms with Crippen LogP contribution in [0.2, 0.25) is 0 Å². The average Bonchev–Trinajstić information content (AvgIpc) is 2.76. The Morgan fingerprint density at radius 3 is 2.43 bits per heavy atom. The number of nitrogens with zero attached hydrogens (tertiary/aromatic N) is 2. The van der Waals surface area contributed by atoms with Crippen molar-refractivity contribution in [3.63, 3.8) is 0 Å². The Balaban J connectivity index is 1.81. The molecule has 154 valence electrons. The Morgan fingerprint density at radius 2 is 1.77 bits per heavy atom. The lowest BCUT2D eigenvalue weighted by molar-refractivity contribution is 0.296. The summed E-state index contributed by atoms with van der Waals surface area (Å²) in [6.07, 6.45) is 0. The number of H-pyrrole nitrogens is 1. The first kappa shape index (κ1) is 19.2. The van der Waals surface area contributed by atoms with E-state index in [9.17, 15) is 15.6 Å². The Labute approximate surface area is 170 Å². The van der Waals surface area contributed by atoms with E-state index in [4.69, 9.17) is 9.94 Å². The molecule has 0 amide bonds. The van der Waals surface area contributed by atoms with Crippen molar-refractivity contribution in [2.45, 2.75) is 0 Å². The molecule has 30 heavy (non-hydrogen) atoms. The molecular weight excluding hydrogens is 390 g/mol. The summed E-state index contributed by atoms with van der Waals surface area (Å²) < 4.78 is 5.33. The van der Waals surface area contributed by atoms with E-state index in [0.29, 0.717) is 22.8 Å². The second kappa shape index (κ2) is 7.70. The highest BCUT2D eigenvalue weighted by Gasteiger charge is 2.15. The third kappa shape index (κ3) is 3.60. The van der Waals surface area contributed by atoms with Crippen molar-refractivity contribution >= 4 is 28.0 Å². The van der Waals surface area contributed by atoms with Crippen LogP contribution in [0, 0.1) is 15.6 Å². The first-order valence-electron chi connectivity index (χ1n) is 8.85. The number of aromatic amines is 1. The highest BCUT2D eigenvalue weighted by atomic mass is 16.8. The van der Waals surface area contributed by atoms with Gasteiger partial charge in [-0.25, -0.2) is 0 Å². The van der Waals surface area contributed by atoms with Gasteiger partial charge in [0.15, 0.2) is 0 Å². The van der Waals surface area contributed by atoms with Crippen molar-refractivity contribution in [3.05, 3.63) is 81.6 Å². The molecule has 4 N–H and O–H groups in total. The lowest BCUT2D eigenvalue weighted by Gasteiger charge is -2.22. The summed E-state index contributed by atoms with van der Waals surface area (Å²) in [6.45, 7) is 0. The van der Waals surface area contributed by atoms with E-state index >= 15 is 0 Å². The first-order valence-corrected chi connectivity index (χ1v) is 8.85. The number of aromatic nitrogens is 1. The summed E-state index contributed by atoms with van der Waals surface area (Å²) in [6, 6.07) is 16.2. The number of methoxy groups -OCH3 is 1. The monoisotopic (exact) mass is 407 g/mol. The zero-order valence-corrected chi connectivity index (χ0v) is 15.7. The van der Waals surface area contributed by atoms with Gasteiger partial charge in [0.2, 0.25) is 5.36 Å². The molecule has 0 bridgehead atoms. The highest BCUT2D eigenvalue weighted by molar-refractivity contribution is 6.01. The third-order valence-electron chi connectivity index (χ3n) is 4.67. The number of hydrogen-bond acceptors (Lipinski definition) is 8. The van der Waals surface area contributed by atoms with E-state index in [1.165, 1.54) is 24.3 Å². The van der Waals surface area contributed by atoms with Gasteiger partial charge < -0.3 is 36.0 Å².